The van der Waals surface area contributed by atoms with Crippen molar-refractivity contribution in [3.05, 3.63) is 33.7 Å². The predicted octanol–water partition coefficient (Wildman–Crippen LogP) is 0.280. The number of aromatic nitrogens is 1. The maximum absolute atomic E-state index is 12.1. The zero-order chi connectivity index (χ0) is 12.6. The quantitative estimate of drug-likeness (QED) is 0.735. The number of hydrogen-bond donors (Lipinski definition) is 2. The molecule has 1 amide bonds. The fourth-order valence-corrected chi connectivity index (χ4v) is 2.03. The van der Waals surface area contributed by atoms with Gasteiger partial charge in [0.1, 0.15) is 5.56 Å². The second-order valence-corrected chi connectivity index (χ2v) is 4.87. The summed E-state index contributed by atoms with van der Waals surface area (Å²) in [5.41, 5.74) is -0.265. The Hall–Kier alpha value is -1.62. The fourth-order valence-electron chi connectivity index (χ4n) is 2.03. The van der Waals surface area contributed by atoms with E-state index in [4.69, 9.17) is 0 Å². The molecule has 1 aromatic rings. The van der Waals surface area contributed by atoms with Crippen LogP contribution in [0.15, 0.2) is 17.1 Å². The summed E-state index contributed by atoms with van der Waals surface area (Å²) in [6, 6.07) is 1.40. The van der Waals surface area contributed by atoms with E-state index in [1.165, 1.54) is 17.2 Å². The highest BCUT2D eigenvalue weighted by molar-refractivity contribution is 5.94. The number of aliphatic hydroxyl groups is 1. The van der Waals surface area contributed by atoms with E-state index in [-0.39, 0.29) is 23.4 Å². The zero-order valence-electron chi connectivity index (χ0n) is 9.99. The molecule has 0 radical (unpaired) electrons. The molecular formula is C12H16N2O3. The van der Waals surface area contributed by atoms with Gasteiger partial charge in [-0.25, -0.2) is 0 Å². The Kier molecular flexibility index (Phi) is 2.79. The lowest BCUT2D eigenvalue weighted by Gasteiger charge is -2.18. The van der Waals surface area contributed by atoms with Crippen molar-refractivity contribution in [2.45, 2.75) is 25.9 Å². The number of rotatable bonds is 1. The Morgan fingerprint density at radius 2 is 2.29 bits per heavy atom. The molecule has 92 valence electrons. The highest BCUT2D eigenvalue weighted by Gasteiger charge is 2.34. The average molecular weight is 236 g/mol. The third-order valence-corrected chi connectivity index (χ3v) is 3.03. The fraction of sp³-hybridized carbons (Fsp3) is 0.500. The summed E-state index contributed by atoms with van der Waals surface area (Å²) in [6.07, 6.45) is 1.98. The number of β-amino-alcohol motifs (C(OH)–C–C–N with tert-alkyl or cyclic N) is 1. The number of pyridine rings is 1. The van der Waals surface area contributed by atoms with Crippen LogP contribution in [0.1, 0.15) is 29.4 Å². The minimum absolute atomic E-state index is 0.133. The van der Waals surface area contributed by atoms with Gasteiger partial charge in [0.05, 0.1) is 5.60 Å². The molecule has 1 unspecified atom stereocenters. The van der Waals surface area contributed by atoms with E-state index in [2.05, 4.69) is 4.98 Å². The summed E-state index contributed by atoms with van der Waals surface area (Å²) in [6.45, 7) is 4.22. The third-order valence-electron chi connectivity index (χ3n) is 3.03. The zero-order valence-corrected chi connectivity index (χ0v) is 9.99. The van der Waals surface area contributed by atoms with Crippen LogP contribution in [0.2, 0.25) is 0 Å². The van der Waals surface area contributed by atoms with Crippen LogP contribution in [0.25, 0.3) is 0 Å². The molecule has 0 bridgehead atoms. The van der Waals surface area contributed by atoms with Crippen molar-refractivity contribution < 1.29 is 9.90 Å². The van der Waals surface area contributed by atoms with Crippen molar-refractivity contribution in [2.75, 3.05) is 13.1 Å². The van der Waals surface area contributed by atoms with E-state index in [1.807, 2.05) is 0 Å². The monoisotopic (exact) mass is 236 g/mol. The van der Waals surface area contributed by atoms with E-state index < -0.39 is 5.60 Å². The van der Waals surface area contributed by atoms with Crippen molar-refractivity contribution in [1.82, 2.24) is 9.88 Å². The Bertz CT molecular complexity index is 505. The number of amides is 1. The molecule has 1 atom stereocenters. The van der Waals surface area contributed by atoms with Crippen LogP contribution in [0.5, 0.6) is 0 Å². The molecule has 0 aromatic carbocycles. The number of nitrogens with one attached hydrogen (secondary N) is 1. The first kappa shape index (κ1) is 11.9. The smallest absolute Gasteiger partial charge is 0.259 e. The third kappa shape index (κ3) is 2.39. The highest BCUT2D eigenvalue weighted by Crippen LogP contribution is 2.21. The predicted molar refractivity (Wildman–Crippen MR) is 62.9 cm³/mol. The van der Waals surface area contributed by atoms with E-state index in [1.54, 1.807) is 13.8 Å². The number of aryl methyl sites for hydroxylation is 1. The minimum atomic E-state index is -0.840. The summed E-state index contributed by atoms with van der Waals surface area (Å²) in [4.78, 5) is 28.1. The molecule has 1 saturated heterocycles. The van der Waals surface area contributed by atoms with Crippen molar-refractivity contribution in [3.63, 3.8) is 0 Å². The number of nitrogens with zero attached hydrogens (tertiary/aromatic N) is 1. The number of H-pyrrole nitrogens is 1. The maximum Gasteiger partial charge on any atom is 0.259 e. The molecule has 2 heterocycles. The van der Waals surface area contributed by atoms with Gasteiger partial charge in [0.15, 0.2) is 5.43 Å². The van der Waals surface area contributed by atoms with Crippen LogP contribution < -0.4 is 5.43 Å². The van der Waals surface area contributed by atoms with Crippen molar-refractivity contribution in [3.8, 4) is 0 Å². The molecule has 0 spiro atoms. The second kappa shape index (κ2) is 4.00. The van der Waals surface area contributed by atoms with Crippen LogP contribution in [0.4, 0.5) is 0 Å². The molecular weight excluding hydrogens is 220 g/mol. The van der Waals surface area contributed by atoms with E-state index in [9.17, 15) is 14.7 Å². The molecule has 0 saturated carbocycles. The van der Waals surface area contributed by atoms with E-state index in [0.29, 0.717) is 13.0 Å². The number of carbonyl (C=O) groups is 1. The number of aromatic amines is 1. The van der Waals surface area contributed by atoms with Gasteiger partial charge in [-0.2, -0.15) is 0 Å². The lowest BCUT2D eigenvalue weighted by Crippen LogP contribution is -2.36. The molecule has 17 heavy (non-hydrogen) atoms. The lowest BCUT2D eigenvalue weighted by molar-refractivity contribution is 0.0571. The van der Waals surface area contributed by atoms with Gasteiger partial charge in [-0.05, 0) is 20.3 Å². The largest absolute Gasteiger partial charge is 0.388 e. The first-order chi connectivity index (χ1) is 7.89. The van der Waals surface area contributed by atoms with Crippen molar-refractivity contribution in [2.24, 2.45) is 0 Å². The van der Waals surface area contributed by atoms with Crippen LogP contribution in [0.3, 0.4) is 0 Å². The normalized spacial score (nSPS) is 24.1. The number of hydrogen-bond acceptors (Lipinski definition) is 3. The first-order valence-electron chi connectivity index (χ1n) is 5.60. The number of likely N-dealkylation sites (tertiary alicyclic amines) is 1. The second-order valence-electron chi connectivity index (χ2n) is 4.87. The Balaban J connectivity index is 2.24. The van der Waals surface area contributed by atoms with Gasteiger partial charge in [-0.1, -0.05) is 0 Å². The summed E-state index contributed by atoms with van der Waals surface area (Å²) in [5, 5.41) is 9.79. The Labute approximate surface area is 99.1 Å². The van der Waals surface area contributed by atoms with Gasteiger partial charge in [-0.3, -0.25) is 9.59 Å². The molecule has 2 N–H and O–H groups in total. The molecule has 1 aliphatic heterocycles. The van der Waals surface area contributed by atoms with E-state index >= 15 is 0 Å². The van der Waals surface area contributed by atoms with E-state index in [0.717, 1.165) is 5.69 Å². The van der Waals surface area contributed by atoms with Crippen LogP contribution >= 0.6 is 0 Å². The summed E-state index contributed by atoms with van der Waals surface area (Å²) in [7, 11) is 0. The SMILES string of the molecule is Cc1cc(=O)c(C(=O)N2CCC(C)(O)C2)c[nH]1. The standard InChI is InChI=1S/C12H16N2O3/c1-8-5-10(15)9(6-13-8)11(16)14-4-3-12(2,17)7-14/h5-6,17H,3-4,7H2,1-2H3,(H,13,15). The van der Waals surface area contributed by atoms with Crippen LogP contribution in [-0.2, 0) is 0 Å². The molecule has 5 heteroatoms. The molecule has 1 aliphatic rings. The Morgan fingerprint density at radius 1 is 1.59 bits per heavy atom. The van der Waals surface area contributed by atoms with Crippen molar-refractivity contribution in [1.29, 1.82) is 0 Å². The summed E-state index contributed by atoms with van der Waals surface area (Å²) in [5.74, 6) is -0.316. The molecule has 0 aliphatic carbocycles. The molecule has 1 aromatic heterocycles. The maximum atomic E-state index is 12.1. The van der Waals surface area contributed by atoms with Crippen LogP contribution in [-0.4, -0.2) is 39.6 Å². The van der Waals surface area contributed by atoms with Gasteiger partial charge in [0, 0.05) is 31.0 Å². The van der Waals surface area contributed by atoms with Gasteiger partial charge in [-0.15, -0.1) is 0 Å². The summed E-state index contributed by atoms with van der Waals surface area (Å²) >= 11 is 0. The lowest BCUT2D eigenvalue weighted by atomic mass is 10.1. The molecule has 1 fully saturated rings. The Morgan fingerprint density at radius 3 is 2.82 bits per heavy atom. The molecule has 5 nitrogen and oxygen atoms in total. The average Bonchev–Trinajstić information content (AvgIpc) is 2.58. The van der Waals surface area contributed by atoms with Crippen molar-refractivity contribution >= 4 is 5.91 Å². The highest BCUT2D eigenvalue weighted by atomic mass is 16.3. The van der Waals surface area contributed by atoms with Gasteiger partial charge >= 0.3 is 0 Å². The van der Waals surface area contributed by atoms with Gasteiger partial charge in [0.25, 0.3) is 5.91 Å². The van der Waals surface area contributed by atoms with Gasteiger partial charge < -0.3 is 15.0 Å². The molecule has 2 rings (SSSR count). The first-order valence-corrected chi connectivity index (χ1v) is 5.60. The topological polar surface area (TPSA) is 73.4 Å². The minimum Gasteiger partial charge on any atom is -0.388 e. The van der Waals surface area contributed by atoms with Gasteiger partial charge in [0.2, 0.25) is 0 Å². The van der Waals surface area contributed by atoms with Crippen LogP contribution in [0, 0.1) is 6.92 Å². The number of carbonyl (C=O) groups excluding carboxylic acids is 1. The summed E-state index contributed by atoms with van der Waals surface area (Å²) < 4.78 is 0.